The van der Waals surface area contributed by atoms with Gasteiger partial charge in [-0.1, -0.05) is 48.6 Å². The predicted molar refractivity (Wildman–Crippen MR) is 98.8 cm³/mol. The van der Waals surface area contributed by atoms with Crippen LogP contribution in [0.5, 0.6) is 11.5 Å². The van der Waals surface area contributed by atoms with Gasteiger partial charge in [0.1, 0.15) is 11.5 Å². The number of carbonyl (C=O) groups excluding carboxylic acids is 1. The van der Waals surface area contributed by atoms with Crippen molar-refractivity contribution in [3.8, 4) is 11.5 Å². The summed E-state index contributed by atoms with van der Waals surface area (Å²) >= 11 is 0. The number of esters is 1. The summed E-state index contributed by atoms with van der Waals surface area (Å²) in [5, 5.41) is 0. The zero-order chi connectivity index (χ0) is 18.1. The number of carbonyl (C=O) groups is 1. The molecule has 0 spiro atoms. The normalized spacial score (nSPS) is 11.4. The number of hydrogen-bond donors (Lipinski definition) is 0. The molecule has 0 N–H and O–H groups in total. The van der Waals surface area contributed by atoms with Gasteiger partial charge >= 0.3 is 5.97 Å². The van der Waals surface area contributed by atoms with Crippen molar-refractivity contribution in [1.29, 1.82) is 0 Å². The lowest BCUT2D eigenvalue weighted by Crippen LogP contribution is -1.96. The van der Waals surface area contributed by atoms with Crippen LogP contribution in [0.3, 0.4) is 0 Å². The molecule has 0 atom stereocenters. The van der Waals surface area contributed by atoms with E-state index >= 15 is 0 Å². The number of allylic oxidation sites excluding steroid dienone is 2. The Labute approximate surface area is 148 Å². The van der Waals surface area contributed by atoms with Crippen LogP contribution in [-0.4, -0.2) is 27.3 Å². The van der Waals surface area contributed by atoms with Gasteiger partial charge < -0.3 is 14.2 Å². The van der Waals surface area contributed by atoms with Gasteiger partial charge in [-0.05, 0) is 29.3 Å². The Morgan fingerprint density at radius 1 is 0.960 bits per heavy atom. The topological polar surface area (TPSA) is 44.8 Å². The fourth-order valence-corrected chi connectivity index (χ4v) is 2.39. The largest absolute Gasteiger partial charge is 0.497 e. The molecule has 0 unspecified atom stereocenters. The van der Waals surface area contributed by atoms with Crippen molar-refractivity contribution in [2.45, 2.75) is 6.42 Å². The van der Waals surface area contributed by atoms with E-state index in [9.17, 15) is 4.79 Å². The highest BCUT2D eigenvalue weighted by atomic mass is 16.5. The lowest BCUT2D eigenvalue weighted by atomic mass is 9.96. The van der Waals surface area contributed by atoms with Crippen molar-refractivity contribution in [1.82, 2.24) is 0 Å². The Hall–Kier alpha value is -3.01. The first-order valence-corrected chi connectivity index (χ1v) is 7.91. The van der Waals surface area contributed by atoms with Crippen LogP contribution in [0.25, 0.3) is 5.57 Å². The SMILES string of the molecule is COC(=O)C/C=C/C=C(/c1ccc(OC)cc1)c1ccccc1OC. The Kier molecular flexibility index (Phi) is 6.84. The second kappa shape index (κ2) is 9.33. The quantitative estimate of drug-likeness (QED) is 0.559. The fourth-order valence-electron chi connectivity index (χ4n) is 2.39. The molecular weight excluding hydrogens is 316 g/mol. The van der Waals surface area contributed by atoms with Crippen LogP contribution in [0.4, 0.5) is 0 Å². The summed E-state index contributed by atoms with van der Waals surface area (Å²) in [5.41, 5.74) is 2.98. The molecule has 2 rings (SSSR count). The van der Waals surface area contributed by atoms with Crippen LogP contribution in [0.2, 0.25) is 0 Å². The van der Waals surface area contributed by atoms with Gasteiger partial charge in [0.15, 0.2) is 0 Å². The molecule has 4 heteroatoms. The predicted octanol–water partition coefficient (Wildman–Crippen LogP) is 4.25. The highest BCUT2D eigenvalue weighted by Gasteiger charge is 2.10. The molecule has 0 amide bonds. The molecule has 0 saturated heterocycles. The molecule has 25 heavy (non-hydrogen) atoms. The van der Waals surface area contributed by atoms with E-state index < -0.39 is 0 Å². The van der Waals surface area contributed by atoms with Crippen molar-refractivity contribution in [2.24, 2.45) is 0 Å². The average molecular weight is 338 g/mol. The van der Waals surface area contributed by atoms with E-state index in [1.54, 1.807) is 20.3 Å². The fraction of sp³-hybridized carbons (Fsp3) is 0.190. The molecule has 4 nitrogen and oxygen atoms in total. The smallest absolute Gasteiger partial charge is 0.309 e. The maximum Gasteiger partial charge on any atom is 0.309 e. The second-order valence-electron chi connectivity index (χ2n) is 5.22. The molecule has 0 aliphatic heterocycles. The van der Waals surface area contributed by atoms with Crippen LogP contribution >= 0.6 is 0 Å². The van der Waals surface area contributed by atoms with E-state index in [2.05, 4.69) is 4.74 Å². The summed E-state index contributed by atoms with van der Waals surface area (Å²) in [7, 11) is 4.67. The minimum absolute atomic E-state index is 0.231. The van der Waals surface area contributed by atoms with Crippen molar-refractivity contribution in [2.75, 3.05) is 21.3 Å². The minimum Gasteiger partial charge on any atom is -0.497 e. The summed E-state index contributed by atoms with van der Waals surface area (Å²) in [5.74, 6) is 1.31. The molecule has 0 bridgehead atoms. The molecule has 0 fully saturated rings. The molecule has 0 aliphatic rings. The molecule has 2 aromatic rings. The van der Waals surface area contributed by atoms with Crippen molar-refractivity contribution in [3.63, 3.8) is 0 Å². The van der Waals surface area contributed by atoms with Gasteiger partial charge in [0, 0.05) is 5.56 Å². The second-order valence-corrected chi connectivity index (χ2v) is 5.22. The summed E-state index contributed by atoms with van der Waals surface area (Å²) in [6.45, 7) is 0. The van der Waals surface area contributed by atoms with Crippen molar-refractivity contribution < 1.29 is 19.0 Å². The Morgan fingerprint density at radius 2 is 1.68 bits per heavy atom. The highest BCUT2D eigenvalue weighted by molar-refractivity contribution is 5.84. The van der Waals surface area contributed by atoms with Gasteiger partial charge in [-0.15, -0.1) is 0 Å². The molecule has 0 aliphatic carbocycles. The molecular formula is C21H22O4. The monoisotopic (exact) mass is 338 g/mol. The average Bonchev–Trinajstić information content (AvgIpc) is 2.68. The first kappa shape index (κ1) is 18.3. The summed E-state index contributed by atoms with van der Waals surface area (Å²) in [4.78, 5) is 11.2. The van der Waals surface area contributed by atoms with Crippen molar-refractivity contribution in [3.05, 3.63) is 77.9 Å². The van der Waals surface area contributed by atoms with Crippen LogP contribution in [0, 0.1) is 0 Å². The number of methoxy groups -OCH3 is 3. The van der Waals surface area contributed by atoms with Gasteiger partial charge in [-0.2, -0.15) is 0 Å². The minimum atomic E-state index is -0.270. The number of rotatable bonds is 7. The van der Waals surface area contributed by atoms with E-state index in [1.165, 1.54) is 7.11 Å². The third-order valence-electron chi connectivity index (χ3n) is 3.71. The zero-order valence-electron chi connectivity index (χ0n) is 14.7. The van der Waals surface area contributed by atoms with E-state index in [-0.39, 0.29) is 12.4 Å². The van der Waals surface area contributed by atoms with Crippen LogP contribution in [0.1, 0.15) is 17.5 Å². The number of ether oxygens (including phenoxy) is 3. The summed E-state index contributed by atoms with van der Waals surface area (Å²) in [6.07, 6.45) is 5.81. The Bertz CT molecular complexity index is 758. The summed E-state index contributed by atoms with van der Waals surface area (Å²) < 4.78 is 15.4. The molecule has 0 heterocycles. The highest BCUT2D eigenvalue weighted by Crippen LogP contribution is 2.31. The first-order valence-electron chi connectivity index (χ1n) is 7.91. The standard InChI is InChI=1S/C21H22O4/c1-23-17-14-12-16(13-15-17)18(8-5-7-11-21(22)25-3)19-9-4-6-10-20(19)24-2/h4-10,12-15H,11H2,1-3H3/b7-5+,18-8-. The molecule has 2 aromatic carbocycles. The van der Waals surface area contributed by atoms with E-state index in [4.69, 9.17) is 9.47 Å². The molecule has 0 radical (unpaired) electrons. The molecule has 130 valence electrons. The van der Waals surface area contributed by atoms with Crippen LogP contribution in [-0.2, 0) is 9.53 Å². The number of benzene rings is 2. The van der Waals surface area contributed by atoms with Crippen molar-refractivity contribution >= 4 is 11.5 Å². The molecule has 0 saturated carbocycles. The molecule has 0 aromatic heterocycles. The van der Waals surface area contributed by atoms with Gasteiger partial charge in [-0.3, -0.25) is 4.79 Å². The van der Waals surface area contributed by atoms with Gasteiger partial charge in [0.05, 0.1) is 27.8 Å². The zero-order valence-corrected chi connectivity index (χ0v) is 14.7. The third-order valence-corrected chi connectivity index (χ3v) is 3.71. The first-order chi connectivity index (χ1) is 12.2. The van der Waals surface area contributed by atoms with Gasteiger partial charge in [0.2, 0.25) is 0 Å². The lowest BCUT2D eigenvalue weighted by molar-refractivity contribution is -0.139. The lowest BCUT2D eigenvalue weighted by Gasteiger charge is -2.13. The van der Waals surface area contributed by atoms with Crippen LogP contribution < -0.4 is 9.47 Å². The maximum absolute atomic E-state index is 11.2. The summed E-state index contributed by atoms with van der Waals surface area (Å²) in [6, 6.07) is 15.6. The maximum atomic E-state index is 11.2. The Balaban J connectivity index is 2.41. The van der Waals surface area contributed by atoms with Crippen LogP contribution in [0.15, 0.2) is 66.8 Å². The number of hydrogen-bond acceptors (Lipinski definition) is 4. The van der Waals surface area contributed by atoms with E-state index in [0.717, 1.165) is 28.2 Å². The van der Waals surface area contributed by atoms with E-state index in [0.29, 0.717) is 0 Å². The Morgan fingerprint density at radius 3 is 2.32 bits per heavy atom. The van der Waals surface area contributed by atoms with Gasteiger partial charge in [0.25, 0.3) is 0 Å². The van der Waals surface area contributed by atoms with Gasteiger partial charge in [-0.25, -0.2) is 0 Å². The number of para-hydroxylation sites is 1. The van der Waals surface area contributed by atoms with E-state index in [1.807, 2.05) is 60.7 Å². The third kappa shape index (κ3) is 4.98.